The molecule has 0 aliphatic rings. The topological polar surface area (TPSA) is 37.3 Å². The van der Waals surface area contributed by atoms with E-state index in [2.05, 4.69) is 13.0 Å². The predicted molar refractivity (Wildman–Crippen MR) is 62.1 cm³/mol. The zero-order valence-corrected chi connectivity index (χ0v) is 12.2. The number of unbranched alkanes of at least 4 members (excludes halogenated alkanes) is 2. The third-order valence-corrected chi connectivity index (χ3v) is 2.42. The van der Waals surface area contributed by atoms with Gasteiger partial charge in [-0.3, -0.25) is 4.79 Å². The van der Waals surface area contributed by atoms with Gasteiger partial charge >= 0.3 is 35.5 Å². The van der Waals surface area contributed by atoms with Crippen molar-refractivity contribution in [1.82, 2.24) is 0 Å². The molecule has 0 unspecified atom stereocenters. The summed E-state index contributed by atoms with van der Waals surface area (Å²) in [5, 5.41) is 8.67. The summed E-state index contributed by atoms with van der Waals surface area (Å²) >= 11 is 0. The summed E-state index contributed by atoms with van der Waals surface area (Å²) in [6.45, 7) is 2.18. The van der Waals surface area contributed by atoms with Crippen molar-refractivity contribution in [3.63, 3.8) is 0 Å². The number of hydrogen-bond acceptors (Lipinski definition) is 1. The first-order valence-electron chi connectivity index (χ1n) is 5.52. The Bertz CT molecular complexity index is 329. The second kappa shape index (κ2) is 8.80. The molecule has 0 aliphatic heterocycles. The van der Waals surface area contributed by atoms with Crippen LogP contribution in [0.5, 0.6) is 0 Å². The fourth-order valence-corrected chi connectivity index (χ4v) is 1.65. The van der Waals surface area contributed by atoms with Crippen LogP contribution in [0.4, 0.5) is 0 Å². The van der Waals surface area contributed by atoms with Crippen LogP contribution >= 0.6 is 0 Å². The van der Waals surface area contributed by atoms with Crippen LogP contribution in [0, 0.1) is 0 Å². The molecule has 0 radical (unpaired) electrons. The van der Waals surface area contributed by atoms with Crippen LogP contribution in [0.25, 0.3) is 0 Å². The normalized spacial score (nSPS) is 9.56. The zero-order chi connectivity index (χ0) is 11.1. The monoisotopic (exact) mass is 230 g/mol. The Labute approximate surface area is 121 Å². The van der Waals surface area contributed by atoms with Gasteiger partial charge in [0.25, 0.3) is 0 Å². The van der Waals surface area contributed by atoms with Crippen LogP contribution in [-0.2, 0) is 17.6 Å². The fraction of sp³-hybridized carbons (Fsp3) is 0.462. The first kappa shape index (κ1) is 15.7. The van der Waals surface area contributed by atoms with Gasteiger partial charge in [0.05, 0.1) is 6.42 Å². The van der Waals surface area contributed by atoms with Gasteiger partial charge in [-0.1, -0.05) is 44.0 Å². The molecule has 0 heterocycles. The Morgan fingerprint density at radius 2 is 2.00 bits per heavy atom. The molecule has 1 rings (SSSR count). The maximum Gasteiger partial charge on any atom is 1.00 e. The van der Waals surface area contributed by atoms with Crippen molar-refractivity contribution < 1.29 is 40.9 Å². The Balaban J connectivity index is 0. The molecular formula is C13H19NaO2. The standard InChI is InChI=1S/C13H18O2.Na.H/c1-2-3-4-6-11-7-5-8-12(9-11)10-13(14)15;;/h5,7-9H,2-4,6,10H2,1H3,(H,14,15);;/q;+1;-1. The molecule has 16 heavy (non-hydrogen) atoms. The molecule has 3 heteroatoms. The predicted octanol–water partition coefficient (Wildman–Crippen LogP) is 0.163. The third-order valence-electron chi connectivity index (χ3n) is 2.42. The van der Waals surface area contributed by atoms with Gasteiger partial charge in [-0.25, -0.2) is 0 Å². The quantitative estimate of drug-likeness (QED) is 0.558. The molecule has 2 nitrogen and oxygen atoms in total. The number of carboxylic acid groups (broad SMARTS) is 1. The van der Waals surface area contributed by atoms with E-state index in [1.54, 1.807) is 0 Å². The minimum Gasteiger partial charge on any atom is -1.00 e. The molecule has 0 aromatic heterocycles. The second-order valence-electron chi connectivity index (χ2n) is 3.85. The molecule has 0 spiro atoms. The summed E-state index contributed by atoms with van der Waals surface area (Å²) in [6.07, 6.45) is 4.83. The van der Waals surface area contributed by atoms with Crippen LogP contribution in [0.2, 0.25) is 0 Å². The van der Waals surface area contributed by atoms with Crippen LogP contribution in [0.15, 0.2) is 24.3 Å². The molecule has 1 N–H and O–H groups in total. The molecule has 0 aliphatic carbocycles. The molecule has 0 saturated carbocycles. The summed E-state index contributed by atoms with van der Waals surface area (Å²) in [7, 11) is 0. The average Bonchev–Trinajstić information content (AvgIpc) is 2.18. The van der Waals surface area contributed by atoms with Crippen molar-refractivity contribution in [2.75, 3.05) is 0 Å². The fourth-order valence-electron chi connectivity index (χ4n) is 1.65. The van der Waals surface area contributed by atoms with Crippen molar-refractivity contribution in [3.8, 4) is 0 Å². The molecule has 0 amide bonds. The molecule has 0 fully saturated rings. The first-order chi connectivity index (χ1) is 7.22. The van der Waals surface area contributed by atoms with Gasteiger partial charge in [-0.2, -0.15) is 0 Å². The Morgan fingerprint density at radius 3 is 2.62 bits per heavy atom. The van der Waals surface area contributed by atoms with Gasteiger partial charge in [0.15, 0.2) is 0 Å². The first-order valence-corrected chi connectivity index (χ1v) is 5.52. The molecule has 0 atom stereocenters. The van der Waals surface area contributed by atoms with Gasteiger partial charge in [0.1, 0.15) is 0 Å². The number of aryl methyl sites for hydroxylation is 1. The van der Waals surface area contributed by atoms with Crippen molar-refractivity contribution in [2.24, 2.45) is 0 Å². The maximum atomic E-state index is 10.5. The molecular weight excluding hydrogens is 211 g/mol. The van der Waals surface area contributed by atoms with E-state index in [9.17, 15) is 4.79 Å². The zero-order valence-electron chi connectivity index (χ0n) is 11.2. The van der Waals surface area contributed by atoms with Crippen LogP contribution in [0.3, 0.4) is 0 Å². The minimum atomic E-state index is -0.763. The number of hydrogen-bond donors (Lipinski definition) is 1. The maximum absolute atomic E-state index is 10.5. The molecule has 0 saturated heterocycles. The van der Waals surface area contributed by atoms with E-state index in [4.69, 9.17) is 5.11 Å². The summed E-state index contributed by atoms with van der Waals surface area (Å²) in [5.74, 6) is -0.763. The van der Waals surface area contributed by atoms with E-state index in [0.29, 0.717) is 0 Å². The molecule has 0 bridgehead atoms. The van der Waals surface area contributed by atoms with Crippen molar-refractivity contribution in [1.29, 1.82) is 0 Å². The van der Waals surface area contributed by atoms with Gasteiger partial charge in [-0.05, 0) is 24.0 Å². The number of carbonyl (C=O) groups is 1. The Hall–Kier alpha value is -0.310. The minimum absolute atomic E-state index is 0. The van der Waals surface area contributed by atoms with Gasteiger partial charge in [-0.15, -0.1) is 0 Å². The van der Waals surface area contributed by atoms with Gasteiger partial charge < -0.3 is 6.53 Å². The van der Waals surface area contributed by atoms with Gasteiger partial charge in [0, 0.05) is 0 Å². The van der Waals surface area contributed by atoms with E-state index < -0.39 is 5.97 Å². The number of rotatable bonds is 6. The summed E-state index contributed by atoms with van der Waals surface area (Å²) in [4.78, 5) is 10.5. The SMILES string of the molecule is CCCCCc1cccc(CC(=O)O)c1.[H-].[Na+]. The largest absolute Gasteiger partial charge is 1.00 e. The number of carboxylic acids is 1. The van der Waals surface area contributed by atoms with Crippen molar-refractivity contribution in [3.05, 3.63) is 35.4 Å². The Kier molecular flexibility index (Phi) is 8.63. The van der Waals surface area contributed by atoms with Crippen molar-refractivity contribution >= 4 is 5.97 Å². The van der Waals surface area contributed by atoms with E-state index in [-0.39, 0.29) is 37.4 Å². The second-order valence-corrected chi connectivity index (χ2v) is 3.85. The molecule has 1 aromatic carbocycles. The summed E-state index contributed by atoms with van der Waals surface area (Å²) < 4.78 is 0. The van der Waals surface area contributed by atoms with E-state index in [0.717, 1.165) is 12.0 Å². The van der Waals surface area contributed by atoms with Crippen LogP contribution in [-0.4, -0.2) is 11.1 Å². The smallest absolute Gasteiger partial charge is 1.00 e. The molecule has 84 valence electrons. The van der Waals surface area contributed by atoms with Crippen LogP contribution in [0.1, 0.15) is 38.7 Å². The van der Waals surface area contributed by atoms with Crippen LogP contribution < -0.4 is 29.6 Å². The third kappa shape index (κ3) is 6.31. The average molecular weight is 230 g/mol. The van der Waals surface area contributed by atoms with Gasteiger partial charge in [0.2, 0.25) is 0 Å². The van der Waals surface area contributed by atoms with E-state index in [1.807, 2.05) is 18.2 Å². The Morgan fingerprint density at radius 1 is 1.31 bits per heavy atom. The van der Waals surface area contributed by atoms with E-state index >= 15 is 0 Å². The summed E-state index contributed by atoms with van der Waals surface area (Å²) in [6, 6.07) is 7.89. The number of benzene rings is 1. The molecule has 1 aromatic rings. The van der Waals surface area contributed by atoms with E-state index in [1.165, 1.54) is 24.8 Å². The number of aliphatic carboxylic acids is 1. The summed E-state index contributed by atoms with van der Waals surface area (Å²) in [5.41, 5.74) is 2.15. The van der Waals surface area contributed by atoms with Crippen molar-refractivity contribution in [2.45, 2.75) is 39.0 Å².